The van der Waals surface area contributed by atoms with Gasteiger partial charge in [-0.15, -0.1) is 0 Å². The molecule has 2 aromatic heterocycles. The van der Waals surface area contributed by atoms with E-state index < -0.39 is 6.04 Å². The minimum atomic E-state index is -0.653. The summed E-state index contributed by atoms with van der Waals surface area (Å²) < 4.78 is 11.1. The molecule has 1 aliphatic rings. The molecule has 0 aliphatic carbocycles. The lowest BCUT2D eigenvalue weighted by Crippen LogP contribution is -2.56. The lowest BCUT2D eigenvalue weighted by molar-refractivity contribution is -0.134. The first-order chi connectivity index (χ1) is 16.9. The SMILES string of the molecule is CCC(C)C(NC(=O)c1ccc(Cl)cc1)C(=O)N1CCN(c2oc(-c3ccco3)nc2C#N)CC1. The average molecular weight is 496 g/mol. The van der Waals surface area contributed by atoms with Gasteiger partial charge in [0.05, 0.1) is 6.26 Å². The van der Waals surface area contributed by atoms with Crippen LogP contribution in [0.25, 0.3) is 11.7 Å². The number of anilines is 1. The molecule has 0 spiro atoms. The van der Waals surface area contributed by atoms with Gasteiger partial charge in [0.25, 0.3) is 11.8 Å². The quantitative estimate of drug-likeness (QED) is 0.527. The van der Waals surface area contributed by atoms with Gasteiger partial charge >= 0.3 is 0 Å². The number of furan rings is 1. The van der Waals surface area contributed by atoms with E-state index in [0.29, 0.717) is 48.4 Å². The zero-order chi connectivity index (χ0) is 24.9. The van der Waals surface area contributed by atoms with Crippen molar-refractivity contribution in [1.82, 2.24) is 15.2 Å². The Hall–Kier alpha value is -3.77. The highest BCUT2D eigenvalue weighted by molar-refractivity contribution is 6.30. The fraction of sp³-hybridized carbons (Fsp3) is 0.360. The summed E-state index contributed by atoms with van der Waals surface area (Å²) in [5.74, 6) is 0.546. The first kappa shape index (κ1) is 24.4. The molecule has 182 valence electrons. The van der Waals surface area contributed by atoms with Crippen LogP contribution < -0.4 is 10.2 Å². The van der Waals surface area contributed by atoms with Gasteiger partial charge in [0.15, 0.2) is 5.76 Å². The van der Waals surface area contributed by atoms with E-state index in [-0.39, 0.29) is 29.3 Å². The summed E-state index contributed by atoms with van der Waals surface area (Å²) in [6.45, 7) is 5.71. The van der Waals surface area contributed by atoms with Crippen molar-refractivity contribution < 1.29 is 18.4 Å². The Labute approximate surface area is 208 Å². The summed E-state index contributed by atoms with van der Waals surface area (Å²) in [7, 11) is 0. The number of carbonyl (C=O) groups excluding carboxylic acids is 2. The molecule has 2 atom stereocenters. The normalized spacial score (nSPS) is 15.4. The van der Waals surface area contributed by atoms with Crippen molar-refractivity contribution in [2.24, 2.45) is 5.92 Å². The van der Waals surface area contributed by atoms with Crippen molar-refractivity contribution in [2.45, 2.75) is 26.3 Å². The van der Waals surface area contributed by atoms with Crippen LogP contribution >= 0.6 is 11.6 Å². The maximum absolute atomic E-state index is 13.4. The van der Waals surface area contributed by atoms with Gasteiger partial charge in [-0.1, -0.05) is 31.9 Å². The Morgan fingerprint density at radius 2 is 1.91 bits per heavy atom. The monoisotopic (exact) mass is 495 g/mol. The van der Waals surface area contributed by atoms with Crippen molar-refractivity contribution in [3.63, 3.8) is 0 Å². The van der Waals surface area contributed by atoms with E-state index in [2.05, 4.69) is 16.4 Å². The molecule has 4 rings (SSSR count). The predicted molar refractivity (Wildman–Crippen MR) is 130 cm³/mol. The molecular formula is C25H26ClN5O4. The molecule has 2 amide bonds. The van der Waals surface area contributed by atoms with Gasteiger partial charge in [-0.2, -0.15) is 10.2 Å². The summed E-state index contributed by atoms with van der Waals surface area (Å²) in [6.07, 6.45) is 2.24. The number of carbonyl (C=O) groups is 2. The third-order valence-corrected chi connectivity index (χ3v) is 6.45. The van der Waals surface area contributed by atoms with E-state index in [4.69, 9.17) is 20.4 Å². The number of nitrogens with zero attached hydrogens (tertiary/aromatic N) is 4. The zero-order valence-electron chi connectivity index (χ0n) is 19.5. The summed E-state index contributed by atoms with van der Waals surface area (Å²) in [5, 5.41) is 13.0. The summed E-state index contributed by atoms with van der Waals surface area (Å²) in [4.78, 5) is 34.1. The second-order valence-electron chi connectivity index (χ2n) is 8.42. The van der Waals surface area contributed by atoms with Crippen molar-refractivity contribution in [1.29, 1.82) is 5.26 Å². The Morgan fingerprint density at radius 3 is 2.51 bits per heavy atom. The van der Waals surface area contributed by atoms with Gasteiger partial charge in [-0.25, -0.2) is 0 Å². The third kappa shape index (κ3) is 5.33. The number of benzene rings is 1. The number of aromatic nitrogens is 1. The lowest BCUT2D eigenvalue weighted by Gasteiger charge is -2.37. The maximum atomic E-state index is 13.4. The first-order valence-electron chi connectivity index (χ1n) is 11.5. The molecule has 3 heterocycles. The number of amides is 2. The summed E-state index contributed by atoms with van der Waals surface area (Å²) in [6, 6.07) is 11.4. The van der Waals surface area contributed by atoms with Crippen LogP contribution in [0.2, 0.25) is 5.02 Å². The number of rotatable bonds is 7. The highest BCUT2D eigenvalue weighted by Gasteiger charge is 2.33. The van der Waals surface area contributed by atoms with Crippen LogP contribution in [0.4, 0.5) is 5.88 Å². The lowest BCUT2D eigenvalue weighted by atomic mass is 9.97. The smallest absolute Gasteiger partial charge is 0.266 e. The van der Waals surface area contributed by atoms with Crippen LogP contribution in [0.1, 0.15) is 36.3 Å². The molecule has 1 saturated heterocycles. The van der Waals surface area contributed by atoms with Crippen molar-refractivity contribution in [3.05, 3.63) is 58.9 Å². The number of oxazole rings is 1. The number of hydrogen-bond acceptors (Lipinski definition) is 7. The van der Waals surface area contributed by atoms with Crippen LogP contribution in [-0.2, 0) is 4.79 Å². The first-order valence-corrected chi connectivity index (χ1v) is 11.8. The fourth-order valence-electron chi connectivity index (χ4n) is 3.94. The van der Waals surface area contributed by atoms with Crippen LogP contribution in [0.15, 0.2) is 51.5 Å². The molecule has 1 fully saturated rings. The van der Waals surface area contributed by atoms with Crippen LogP contribution in [-0.4, -0.2) is 53.9 Å². The maximum Gasteiger partial charge on any atom is 0.266 e. The summed E-state index contributed by atoms with van der Waals surface area (Å²) in [5.41, 5.74) is 0.617. The highest BCUT2D eigenvalue weighted by atomic mass is 35.5. The number of piperazine rings is 1. The fourth-order valence-corrected chi connectivity index (χ4v) is 4.07. The Kier molecular flexibility index (Phi) is 7.42. The van der Waals surface area contributed by atoms with Crippen LogP contribution in [0.3, 0.4) is 0 Å². The van der Waals surface area contributed by atoms with Crippen LogP contribution in [0, 0.1) is 17.2 Å². The highest BCUT2D eigenvalue weighted by Crippen LogP contribution is 2.29. The average Bonchev–Trinajstić information content (AvgIpc) is 3.57. The van der Waals surface area contributed by atoms with E-state index in [1.165, 1.54) is 6.26 Å². The molecule has 3 aromatic rings. The second kappa shape index (κ2) is 10.7. The molecule has 2 unspecified atom stereocenters. The van der Waals surface area contributed by atoms with Gasteiger partial charge in [-0.3, -0.25) is 9.59 Å². The minimum absolute atomic E-state index is 0.0490. The molecule has 1 N–H and O–H groups in total. The molecule has 0 bridgehead atoms. The van der Waals surface area contributed by atoms with Crippen molar-refractivity contribution >= 4 is 29.3 Å². The molecule has 0 radical (unpaired) electrons. The molecule has 35 heavy (non-hydrogen) atoms. The molecular weight excluding hydrogens is 470 g/mol. The van der Waals surface area contributed by atoms with Crippen molar-refractivity contribution in [3.8, 4) is 17.7 Å². The van der Waals surface area contributed by atoms with E-state index in [1.807, 2.05) is 18.7 Å². The molecule has 0 saturated carbocycles. The number of nitrogens with one attached hydrogen (secondary N) is 1. The standard InChI is InChI=1S/C25H26ClN5O4/c1-3-16(2)21(29-22(32)17-6-8-18(26)9-7-17)24(33)30-10-12-31(13-11-30)25-19(15-27)28-23(35-25)20-5-4-14-34-20/h4-9,14,16,21H,3,10-13H2,1-2H3,(H,29,32). The second-order valence-corrected chi connectivity index (χ2v) is 8.85. The van der Waals surface area contributed by atoms with Gasteiger partial charge in [0.2, 0.25) is 17.5 Å². The largest absolute Gasteiger partial charge is 0.459 e. The van der Waals surface area contributed by atoms with E-state index in [9.17, 15) is 14.9 Å². The van der Waals surface area contributed by atoms with E-state index in [0.717, 1.165) is 6.42 Å². The van der Waals surface area contributed by atoms with E-state index >= 15 is 0 Å². The minimum Gasteiger partial charge on any atom is -0.459 e. The van der Waals surface area contributed by atoms with Crippen molar-refractivity contribution in [2.75, 3.05) is 31.1 Å². The predicted octanol–water partition coefficient (Wildman–Crippen LogP) is 3.95. The third-order valence-electron chi connectivity index (χ3n) is 6.20. The molecule has 1 aromatic carbocycles. The van der Waals surface area contributed by atoms with Crippen LogP contribution in [0.5, 0.6) is 0 Å². The molecule has 10 heteroatoms. The van der Waals surface area contributed by atoms with Gasteiger partial charge in [0.1, 0.15) is 12.1 Å². The van der Waals surface area contributed by atoms with Gasteiger partial charge < -0.3 is 24.0 Å². The number of nitriles is 1. The number of hydrogen-bond donors (Lipinski definition) is 1. The zero-order valence-corrected chi connectivity index (χ0v) is 20.3. The Bertz CT molecular complexity index is 1210. The van der Waals surface area contributed by atoms with Gasteiger partial charge in [0, 0.05) is 36.8 Å². The molecule has 9 nitrogen and oxygen atoms in total. The topological polar surface area (TPSA) is 116 Å². The number of halogens is 1. The Morgan fingerprint density at radius 1 is 1.20 bits per heavy atom. The van der Waals surface area contributed by atoms with E-state index in [1.54, 1.807) is 41.3 Å². The Balaban J connectivity index is 1.43. The van der Waals surface area contributed by atoms with Gasteiger partial charge in [-0.05, 0) is 42.3 Å². The summed E-state index contributed by atoms with van der Waals surface area (Å²) >= 11 is 5.92. The molecule has 1 aliphatic heterocycles.